The number of carbonyl (C=O) groups excluding carboxylic acids is 4. The summed E-state index contributed by atoms with van der Waals surface area (Å²) in [5.74, 6) is -5.40. The van der Waals surface area contributed by atoms with Gasteiger partial charge in [0.2, 0.25) is 0 Å². The maximum absolute atomic E-state index is 13.0. The van der Waals surface area contributed by atoms with E-state index in [1.165, 1.54) is 0 Å². The Labute approximate surface area is 272 Å². The highest BCUT2D eigenvalue weighted by molar-refractivity contribution is 5.84. The van der Waals surface area contributed by atoms with Gasteiger partial charge in [-0.3, -0.25) is 19.2 Å². The number of carbonyl (C=O) groups is 4. The van der Waals surface area contributed by atoms with Gasteiger partial charge in [0.05, 0.1) is 74.1 Å². The van der Waals surface area contributed by atoms with Gasteiger partial charge in [-0.05, 0) is 57.8 Å². The van der Waals surface area contributed by atoms with E-state index in [9.17, 15) is 39.6 Å². The van der Waals surface area contributed by atoms with Crippen LogP contribution in [0.2, 0.25) is 0 Å². The highest BCUT2D eigenvalue weighted by Gasteiger charge is 2.42. The quantitative estimate of drug-likeness (QED) is 0.0691. The zero-order valence-electron chi connectivity index (χ0n) is 27.8. The van der Waals surface area contributed by atoms with Crippen LogP contribution in [0.1, 0.15) is 72.6 Å². The van der Waals surface area contributed by atoms with Crippen LogP contribution in [0.4, 0.5) is 0 Å². The van der Waals surface area contributed by atoms with Gasteiger partial charge in [-0.25, -0.2) is 0 Å². The summed E-state index contributed by atoms with van der Waals surface area (Å²) >= 11 is 0. The average Bonchev–Trinajstić information content (AvgIpc) is 3.07. The SMILES string of the molecule is CCC(CO)(CO)COC(=O)C1CC(C)=CCC1C(=O)OCCCCOC(=O)C1C(C)C=CCC1C(=O)OCC(CC)(CO)CO. The van der Waals surface area contributed by atoms with Crippen LogP contribution in [0.5, 0.6) is 0 Å². The summed E-state index contributed by atoms with van der Waals surface area (Å²) in [5.41, 5.74) is -0.918. The lowest BCUT2D eigenvalue weighted by atomic mass is 9.76. The molecule has 0 spiro atoms. The van der Waals surface area contributed by atoms with Crippen LogP contribution in [0, 0.1) is 40.4 Å². The van der Waals surface area contributed by atoms with Crippen molar-refractivity contribution in [3.05, 3.63) is 23.8 Å². The van der Waals surface area contributed by atoms with E-state index < -0.39 is 58.4 Å². The third-order valence-corrected chi connectivity index (χ3v) is 9.67. The van der Waals surface area contributed by atoms with Crippen molar-refractivity contribution >= 4 is 23.9 Å². The third kappa shape index (κ3) is 10.6. The van der Waals surface area contributed by atoms with Gasteiger partial charge in [0.1, 0.15) is 13.2 Å². The minimum Gasteiger partial charge on any atom is -0.465 e. The van der Waals surface area contributed by atoms with Gasteiger partial charge < -0.3 is 39.4 Å². The van der Waals surface area contributed by atoms with Crippen molar-refractivity contribution in [3.63, 3.8) is 0 Å². The lowest BCUT2D eigenvalue weighted by molar-refractivity contribution is -0.166. The Bertz CT molecular complexity index is 1040. The zero-order chi connectivity index (χ0) is 34.3. The fraction of sp³-hybridized carbons (Fsp3) is 0.765. The largest absolute Gasteiger partial charge is 0.465 e. The Balaban J connectivity index is 1.84. The maximum atomic E-state index is 13.0. The van der Waals surface area contributed by atoms with E-state index in [0.717, 1.165) is 5.57 Å². The molecule has 5 atom stereocenters. The topological polar surface area (TPSA) is 186 Å². The molecule has 0 fully saturated rings. The molecule has 2 aliphatic carbocycles. The number of hydrogen-bond acceptors (Lipinski definition) is 12. The summed E-state index contributed by atoms with van der Waals surface area (Å²) in [6, 6.07) is 0. The van der Waals surface area contributed by atoms with Gasteiger partial charge in [0.25, 0.3) is 0 Å². The second kappa shape index (κ2) is 19.1. The number of hydrogen-bond donors (Lipinski definition) is 4. The van der Waals surface area contributed by atoms with Crippen molar-refractivity contribution in [2.45, 2.75) is 72.6 Å². The lowest BCUT2D eigenvalue weighted by Crippen LogP contribution is -2.41. The van der Waals surface area contributed by atoms with Crippen molar-refractivity contribution in [2.75, 3.05) is 52.9 Å². The van der Waals surface area contributed by atoms with E-state index in [1.807, 2.05) is 32.1 Å². The molecule has 46 heavy (non-hydrogen) atoms. The molecule has 0 bridgehead atoms. The van der Waals surface area contributed by atoms with Crippen LogP contribution in [-0.4, -0.2) is 97.2 Å². The molecule has 262 valence electrons. The fourth-order valence-corrected chi connectivity index (χ4v) is 5.62. The summed E-state index contributed by atoms with van der Waals surface area (Å²) < 4.78 is 21.9. The summed E-state index contributed by atoms with van der Waals surface area (Å²) in [5, 5.41) is 38.6. The minimum atomic E-state index is -0.940. The van der Waals surface area contributed by atoms with Crippen molar-refractivity contribution in [2.24, 2.45) is 40.4 Å². The molecular weight excluding hydrogens is 600 g/mol. The first-order valence-corrected chi connectivity index (χ1v) is 16.4. The minimum absolute atomic E-state index is 0.0638. The first-order chi connectivity index (χ1) is 22.0. The number of allylic oxidation sites excluding steroid dienone is 4. The molecule has 0 radical (unpaired) electrons. The number of unbranched alkanes of at least 4 members (excludes halogenated alkanes) is 1. The van der Waals surface area contributed by atoms with E-state index in [2.05, 4.69) is 0 Å². The Morgan fingerprint density at radius 2 is 1.20 bits per heavy atom. The fourth-order valence-electron chi connectivity index (χ4n) is 5.62. The van der Waals surface area contributed by atoms with Crippen molar-refractivity contribution in [3.8, 4) is 0 Å². The van der Waals surface area contributed by atoms with Gasteiger partial charge in [0.15, 0.2) is 0 Å². The van der Waals surface area contributed by atoms with Crippen molar-refractivity contribution in [1.82, 2.24) is 0 Å². The molecule has 0 heterocycles. The smallest absolute Gasteiger partial charge is 0.310 e. The summed E-state index contributed by atoms with van der Waals surface area (Å²) in [7, 11) is 0. The monoisotopic (exact) mass is 654 g/mol. The van der Waals surface area contributed by atoms with Gasteiger partial charge in [0, 0.05) is 0 Å². The molecule has 0 aliphatic heterocycles. The van der Waals surface area contributed by atoms with Crippen LogP contribution in [0.25, 0.3) is 0 Å². The van der Waals surface area contributed by atoms with Crippen molar-refractivity contribution < 1.29 is 58.6 Å². The highest BCUT2D eigenvalue weighted by Crippen LogP contribution is 2.34. The van der Waals surface area contributed by atoms with Crippen LogP contribution >= 0.6 is 0 Å². The Hall–Kier alpha value is -2.80. The number of aliphatic hydroxyl groups excluding tert-OH is 4. The predicted octanol–water partition coefficient (Wildman–Crippen LogP) is 2.50. The second-order valence-electron chi connectivity index (χ2n) is 13.0. The first kappa shape index (κ1) is 39.4. The van der Waals surface area contributed by atoms with E-state index in [0.29, 0.717) is 44.9 Å². The summed E-state index contributed by atoms with van der Waals surface area (Å²) in [6.07, 6.45) is 8.22. The summed E-state index contributed by atoms with van der Waals surface area (Å²) in [4.78, 5) is 51.9. The van der Waals surface area contributed by atoms with Crippen LogP contribution in [0.3, 0.4) is 0 Å². The maximum Gasteiger partial charge on any atom is 0.310 e. The van der Waals surface area contributed by atoms with Crippen molar-refractivity contribution in [1.29, 1.82) is 0 Å². The Kier molecular flexibility index (Phi) is 16.4. The molecule has 0 saturated heterocycles. The Morgan fingerprint density at radius 3 is 1.70 bits per heavy atom. The van der Waals surface area contributed by atoms with Gasteiger partial charge in [-0.1, -0.05) is 44.6 Å². The number of rotatable bonds is 19. The standard InChI is InChI=1S/C34H54O12/c1-5-33(17-35,18-36)21-45-30(40)26-11-9-10-24(4)28(26)32(42)44-15-8-7-14-43-29(39)25-13-12-23(3)16-27(25)31(41)46-22-34(6-2,19-37)20-38/h9-10,12,24-28,35-38H,5-8,11,13-22H2,1-4H3. The molecule has 4 N–H and O–H groups in total. The average molecular weight is 655 g/mol. The second-order valence-corrected chi connectivity index (χ2v) is 13.0. The molecule has 5 unspecified atom stereocenters. The molecule has 0 aromatic carbocycles. The number of esters is 4. The predicted molar refractivity (Wildman–Crippen MR) is 167 cm³/mol. The van der Waals surface area contributed by atoms with E-state index in [1.54, 1.807) is 13.8 Å². The molecule has 0 amide bonds. The molecule has 0 saturated carbocycles. The molecular formula is C34H54O12. The molecule has 12 nitrogen and oxygen atoms in total. The van der Waals surface area contributed by atoms with E-state index >= 15 is 0 Å². The van der Waals surface area contributed by atoms with Crippen LogP contribution in [0.15, 0.2) is 23.8 Å². The molecule has 2 aliphatic rings. The summed E-state index contributed by atoms with van der Waals surface area (Å²) in [6.45, 7) is 5.74. The third-order valence-electron chi connectivity index (χ3n) is 9.67. The Morgan fingerprint density at radius 1 is 0.717 bits per heavy atom. The van der Waals surface area contributed by atoms with E-state index in [-0.39, 0.29) is 58.8 Å². The highest BCUT2D eigenvalue weighted by atomic mass is 16.6. The van der Waals surface area contributed by atoms with E-state index in [4.69, 9.17) is 18.9 Å². The van der Waals surface area contributed by atoms with Crippen LogP contribution in [-0.2, 0) is 38.1 Å². The van der Waals surface area contributed by atoms with Gasteiger partial charge in [-0.2, -0.15) is 0 Å². The zero-order valence-corrected chi connectivity index (χ0v) is 27.8. The first-order valence-electron chi connectivity index (χ1n) is 16.4. The number of aliphatic hydroxyl groups is 4. The van der Waals surface area contributed by atoms with Gasteiger partial charge in [-0.15, -0.1) is 0 Å². The molecule has 0 aromatic heterocycles. The molecule has 12 heteroatoms. The lowest BCUT2D eigenvalue weighted by Gasteiger charge is -2.32. The van der Waals surface area contributed by atoms with Crippen LogP contribution < -0.4 is 0 Å². The molecule has 2 rings (SSSR count). The number of ether oxygens (including phenoxy) is 4. The normalized spacial score (nSPS) is 23.3. The molecule has 0 aromatic rings. The van der Waals surface area contributed by atoms with Gasteiger partial charge >= 0.3 is 23.9 Å².